The number of halogens is 1. The van der Waals surface area contributed by atoms with Crippen LogP contribution in [0.1, 0.15) is 22.4 Å². The lowest BCUT2D eigenvalue weighted by Crippen LogP contribution is -2.38. The Kier molecular flexibility index (Phi) is 4.61. The van der Waals surface area contributed by atoms with Gasteiger partial charge in [-0.15, -0.1) is 0 Å². The molecule has 3 aromatic carbocycles. The van der Waals surface area contributed by atoms with Crippen molar-refractivity contribution in [3.8, 4) is 0 Å². The van der Waals surface area contributed by atoms with Gasteiger partial charge in [0.05, 0.1) is 16.6 Å². The van der Waals surface area contributed by atoms with Gasteiger partial charge in [-0.05, 0) is 29.7 Å². The van der Waals surface area contributed by atoms with Crippen LogP contribution in [0.15, 0.2) is 103 Å². The molecule has 0 radical (unpaired) electrons. The molecular formula is C26H20ClN3. The average Bonchev–Trinajstić information content (AvgIpc) is 3.15. The first-order valence-electron chi connectivity index (χ1n) is 9.90. The molecule has 0 saturated heterocycles. The summed E-state index contributed by atoms with van der Waals surface area (Å²) in [5.41, 5.74) is 4.51. The Hall–Kier alpha value is -3.43. The molecule has 5 aromatic rings. The minimum absolute atomic E-state index is 0.472. The van der Waals surface area contributed by atoms with E-state index < -0.39 is 5.54 Å². The van der Waals surface area contributed by atoms with Crippen LogP contribution in [0.4, 0.5) is 0 Å². The maximum absolute atomic E-state index is 6.50. The average molecular weight is 410 g/mol. The van der Waals surface area contributed by atoms with Crippen molar-refractivity contribution >= 4 is 22.5 Å². The Labute approximate surface area is 180 Å². The van der Waals surface area contributed by atoms with E-state index in [9.17, 15) is 0 Å². The van der Waals surface area contributed by atoms with Gasteiger partial charge in [0.2, 0.25) is 0 Å². The lowest BCUT2D eigenvalue weighted by Gasteiger charge is -2.37. The van der Waals surface area contributed by atoms with Crippen LogP contribution in [0.3, 0.4) is 0 Å². The molecule has 2 aromatic heterocycles. The van der Waals surface area contributed by atoms with Gasteiger partial charge in [0.25, 0.3) is 0 Å². The fourth-order valence-electron chi connectivity index (χ4n) is 4.35. The monoisotopic (exact) mass is 409 g/mol. The molecule has 0 aliphatic rings. The predicted octanol–water partition coefficient (Wildman–Crippen LogP) is 6.23. The van der Waals surface area contributed by atoms with E-state index in [2.05, 4.69) is 82.5 Å². The fourth-order valence-corrected chi connectivity index (χ4v) is 4.64. The van der Waals surface area contributed by atoms with Crippen LogP contribution in [0, 0.1) is 6.92 Å². The molecule has 3 nitrogen and oxygen atoms in total. The summed E-state index contributed by atoms with van der Waals surface area (Å²) >= 11 is 6.50. The van der Waals surface area contributed by atoms with Gasteiger partial charge in [0.15, 0.2) is 0 Å². The summed E-state index contributed by atoms with van der Waals surface area (Å²) in [6.45, 7) is 1.98. The van der Waals surface area contributed by atoms with Crippen molar-refractivity contribution in [2.45, 2.75) is 12.5 Å². The Morgan fingerprint density at radius 1 is 0.700 bits per heavy atom. The molecule has 0 amide bonds. The maximum atomic E-state index is 6.50. The molecule has 0 aliphatic heterocycles. The number of hydrogen-bond donors (Lipinski definition) is 0. The number of benzene rings is 3. The van der Waals surface area contributed by atoms with Crippen LogP contribution in [-0.4, -0.2) is 14.8 Å². The van der Waals surface area contributed by atoms with E-state index in [4.69, 9.17) is 16.7 Å². The Morgan fingerprint density at radius 2 is 1.17 bits per heavy atom. The summed E-state index contributed by atoms with van der Waals surface area (Å²) in [5.74, 6) is 0. The highest BCUT2D eigenvalue weighted by molar-refractivity contribution is 6.34. The highest BCUT2D eigenvalue weighted by Crippen LogP contribution is 2.43. The molecule has 0 spiro atoms. The number of fused-ring (bicyclic) bond motifs is 1. The third-order valence-corrected chi connectivity index (χ3v) is 5.90. The first-order chi connectivity index (χ1) is 14.7. The number of pyridine rings is 1. The first-order valence-corrected chi connectivity index (χ1v) is 10.3. The predicted molar refractivity (Wildman–Crippen MR) is 122 cm³/mol. The molecule has 4 heteroatoms. The molecule has 0 N–H and O–H groups in total. The third-order valence-electron chi connectivity index (χ3n) is 5.62. The van der Waals surface area contributed by atoms with Gasteiger partial charge in [-0.25, -0.2) is 9.67 Å². The van der Waals surface area contributed by atoms with E-state index in [1.165, 1.54) is 0 Å². The fraction of sp³-hybridized carbons (Fsp3) is 0.0769. The number of rotatable bonds is 4. The third kappa shape index (κ3) is 2.74. The van der Waals surface area contributed by atoms with Crippen LogP contribution in [0.5, 0.6) is 0 Å². The molecular weight excluding hydrogens is 390 g/mol. The van der Waals surface area contributed by atoms with Crippen LogP contribution in [0.25, 0.3) is 10.9 Å². The van der Waals surface area contributed by atoms with Crippen molar-refractivity contribution in [2.75, 3.05) is 0 Å². The molecule has 0 atom stereocenters. The lowest BCUT2D eigenvalue weighted by atomic mass is 9.77. The van der Waals surface area contributed by atoms with E-state index in [0.29, 0.717) is 5.15 Å². The van der Waals surface area contributed by atoms with Crippen molar-refractivity contribution in [3.05, 3.63) is 131 Å². The zero-order chi connectivity index (χ0) is 20.6. The summed E-state index contributed by atoms with van der Waals surface area (Å²) < 4.78 is 2.10. The maximum Gasteiger partial charge on any atom is 0.140 e. The van der Waals surface area contributed by atoms with Crippen molar-refractivity contribution in [1.82, 2.24) is 14.8 Å². The molecule has 2 heterocycles. The largest absolute Gasteiger partial charge is 0.245 e. The summed E-state index contributed by atoms with van der Waals surface area (Å²) in [6.07, 6.45) is 1.74. The number of nitrogens with zero attached hydrogens (tertiary/aromatic N) is 3. The Bertz CT molecular complexity index is 1200. The summed E-state index contributed by atoms with van der Waals surface area (Å²) in [7, 11) is 0. The molecule has 0 fully saturated rings. The van der Waals surface area contributed by atoms with E-state index in [0.717, 1.165) is 33.3 Å². The highest BCUT2D eigenvalue weighted by Gasteiger charge is 2.40. The van der Waals surface area contributed by atoms with Crippen LogP contribution < -0.4 is 0 Å². The van der Waals surface area contributed by atoms with E-state index >= 15 is 0 Å². The van der Waals surface area contributed by atoms with Gasteiger partial charge in [-0.1, -0.05) is 103 Å². The van der Waals surface area contributed by atoms with Gasteiger partial charge >= 0.3 is 0 Å². The molecule has 146 valence electrons. The minimum Gasteiger partial charge on any atom is -0.245 e. The van der Waals surface area contributed by atoms with Crippen molar-refractivity contribution in [2.24, 2.45) is 0 Å². The molecule has 0 bridgehead atoms. The number of aryl methyl sites for hydroxylation is 1. The van der Waals surface area contributed by atoms with E-state index in [1.54, 1.807) is 6.20 Å². The van der Waals surface area contributed by atoms with Gasteiger partial charge in [-0.2, -0.15) is 5.10 Å². The van der Waals surface area contributed by atoms with Crippen molar-refractivity contribution < 1.29 is 0 Å². The first kappa shape index (κ1) is 18.6. The molecule has 0 saturated carbocycles. The number of hydrogen-bond acceptors (Lipinski definition) is 2. The smallest absolute Gasteiger partial charge is 0.140 e. The summed E-state index contributed by atoms with van der Waals surface area (Å²) in [5, 5.41) is 6.40. The topological polar surface area (TPSA) is 30.7 Å². The number of aromatic nitrogens is 3. The van der Waals surface area contributed by atoms with Crippen LogP contribution in [-0.2, 0) is 5.54 Å². The standard InChI is InChI=1S/C26H20ClN3/c1-19-24-23(17-18-28-25(24)27)30(29-19)26(20-11-5-2-6-12-20,21-13-7-3-8-14-21)22-15-9-4-10-16-22/h2-18H,1H3. The van der Waals surface area contributed by atoms with Crippen LogP contribution >= 0.6 is 11.6 Å². The van der Waals surface area contributed by atoms with Gasteiger partial charge in [0, 0.05) is 6.20 Å². The zero-order valence-electron chi connectivity index (χ0n) is 16.5. The second-order valence-electron chi connectivity index (χ2n) is 7.30. The van der Waals surface area contributed by atoms with Gasteiger partial charge in [0.1, 0.15) is 10.7 Å². The van der Waals surface area contributed by atoms with E-state index in [1.807, 2.05) is 31.2 Å². The molecule has 0 aliphatic carbocycles. The van der Waals surface area contributed by atoms with E-state index in [-0.39, 0.29) is 0 Å². The van der Waals surface area contributed by atoms with Gasteiger partial charge in [-0.3, -0.25) is 0 Å². The highest BCUT2D eigenvalue weighted by atomic mass is 35.5. The minimum atomic E-state index is -0.666. The molecule has 0 unspecified atom stereocenters. The quantitative estimate of drug-likeness (QED) is 0.260. The van der Waals surface area contributed by atoms with Gasteiger partial charge < -0.3 is 0 Å². The SMILES string of the molecule is Cc1nn(C(c2ccccc2)(c2ccccc2)c2ccccc2)c2ccnc(Cl)c12. The normalized spacial score (nSPS) is 11.7. The molecule has 30 heavy (non-hydrogen) atoms. The summed E-state index contributed by atoms with van der Waals surface area (Å²) in [4.78, 5) is 4.29. The second-order valence-corrected chi connectivity index (χ2v) is 7.66. The van der Waals surface area contributed by atoms with Crippen LogP contribution in [0.2, 0.25) is 5.15 Å². The zero-order valence-corrected chi connectivity index (χ0v) is 17.3. The summed E-state index contributed by atoms with van der Waals surface area (Å²) in [6, 6.07) is 33.5. The Balaban J connectivity index is 2.00. The van der Waals surface area contributed by atoms with Crippen molar-refractivity contribution in [3.63, 3.8) is 0 Å². The molecule has 5 rings (SSSR count). The second kappa shape index (κ2) is 7.43. The van der Waals surface area contributed by atoms with Crippen molar-refractivity contribution in [1.29, 1.82) is 0 Å². The lowest BCUT2D eigenvalue weighted by molar-refractivity contribution is 0.473. The Morgan fingerprint density at radius 3 is 1.63 bits per heavy atom.